The first kappa shape index (κ1) is 13.2. The molecule has 0 fully saturated rings. The van der Waals surface area contributed by atoms with Crippen LogP contribution in [-0.4, -0.2) is 12.2 Å². The highest BCUT2D eigenvalue weighted by Gasteiger charge is 2.18. The average molecular weight is 252 g/mol. The Balaban J connectivity index is 2.22. The summed E-state index contributed by atoms with van der Waals surface area (Å²) in [5, 5.41) is 10.3. The van der Waals surface area contributed by atoms with Crippen LogP contribution in [0.15, 0.2) is 54.6 Å². The Labute approximate surface area is 113 Å². The molecule has 0 saturated carbocycles. The molecule has 0 aliphatic rings. The first-order valence-corrected chi connectivity index (χ1v) is 6.07. The lowest BCUT2D eigenvalue weighted by Gasteiger charge is -2.16. The van der Waals surface area contributed by atoms with Crippen molar-refractivity contribution in [3.63, 3.8) is 0 Å². The van der Waals surface area contributed by atoms with Gasteiger partial charge in [-0.15, -0.1) is 0 Å². The third-order valence-corrected chi connectivity index (χ3v) is 2.88. The van der Waals surface area contributed by atoms with Crippen LogP contribution in [0.2, 0.25) is 0 Å². The molecule has 0 aromatic heterocycles. The highest BCUT2D eigenvalue weighted by atomic mass is 16.5. The molecule has 2 heteroatoms. The number of methoxy groups -OCH3 is 1. The number of ether oxygens (including phenoxy) is 1. The molecule has 2 rings (SSSR count). The van der Waals surface area contributed by atoms with Crippen LogP contribution in [0.1, 0.15) is 18.1 Å². The maximum atomic E-state index is 10.3. The zero-order chi connectivity index (χ0) is 13.7. The molecule has 1 N–H and O–H groups in total. The van der Waals surface area contributed by atoms with E-state index in [-0.39, 0.29) is 0 Å². The quantitative estimate of drug-likeness (QED) is 0.833. The van der Waals surface area contributed by atoms with Crippen LogP contribution < -0.4 is 4.74 Å². The second kappa shape index (κ2) is 5.60. The van der Waals surface area contributed by atoms with Crippen molar-refractivity contribution in [1.82, 2.24) is 0 Å². The number of hydrogen-bond donors (Lipinski definition) is 1. The molecule has 2 aromatic rings. The molecule has 2 nitrogen and oxygen atoms in total. The van der Waals surface area contributed by atoms with Gasteiger partial charge in [0, 0.05) is 5.56 Å². The number of benzene rings is 2. The van der Waals surface area contributed by atoms with Crippen LogP contribution in [0.3, 0.4) is 0 Å². The van der Waals surface area contributed by atoms with E-state index in [0.29, 0.717) is 0 Å². The molecule has 0 heterocycles. The van der Waals surface area contributed by atoms with E-state index >= 15 is 0 Å². The zero-order valence-corrected chi connectivity index (χ0v) is 11.1. The topological polar surface area (TPSA) is 29.5 Å². The molecule has 0 saturated heterocycles. The van der Waals surface area contributed by atoms with Gasteiger partial charge in [-0.3, -0.25) is 0 Å². The van der Waals surface area contributed by atoms with Crippen LogP contribution in [-0.2, 0) is 5.60 Å². The van der Waals surface area contributed by atoms with Gasteiger partial charge in [0.05, 0.1) is 7.11 Å². The maximum absolute atomic E-state index is 10.3. The summed E-state index contributed by atoms with van der Waals surface area (Å²) in [7, 11) is 1.63. The number of hydrogen-bond acceptors (Lipinski definition) is 2. The van der Waals surface area contributed by atoms with Crippen LogP contribution in [0, 0.1) is 11.8 Å². The Morgan fingerprint density at radius 3 is 2.21 bits per heavy atom. The van der Waals surface area contributed by atoms with Gasteiger partial charge in [-0.25, -0.2) is 0 Å². The normalized spacial score (nSPS) is 13.0. The summed E-state index contributed by atoms with van der Waals surface area (Å²) in [6.07, 6.45) is 0. The van der Waals surface area contributed by atoms with Gasteiger partial charge in [0.1, 0.15) is 11.4 Å². The molecular weight excluding hydrogens is 236 g/mol. The van der Waals surface area contributed by atoms with Crippen molar-refractivity contribution in [2.75, 3.05) is 7.11 Å². The molecule has 0 bridgehead atoms. The largest absolute Gasteiger partial charge is 0.497 e. The van der Waals surface area contributed by atoms with Crippen molar-refractivity contribution < 1.29 is 9.84 Å². The molecule has 1 unspecified atom stereocenters. The van der Waals surface area contributed by atoms with Gasteiger partial charge >= 0.3 is 0 Å². The lowest BCUT2D eigenvalue weighted by atomic mass is 9.96. The predicted octanol–water partition coefficient (Wildman–Crippen LogP) is 2.95. The van der Waals surface area contributed by atoms with Crippen LogP contribution in [0.5, 0.6) is 5.75 Å². The predicted molar refractivity (Wildman–Crippen MR) is 75.9 cm³/mol. The van der Waals surface area contributed by atoms with Crippen molar-refractivity contribution >= 4 is 0 Å². The standard InChI is InChI=1S/C17H16O2/c1-17(18,15-6-4-3-5-7-15)13-12-14-8-10-16(19-2)11-9-14/h3-11,18H,1-2H3. The first-order chi connectivity index (χ1) is 9.12. The summed E-state index contributed by atoms with van der Waals surface area (Å²) in [4.78, 5) is 0. The lowest BCUT2D eigenvalue weighted by molar-refractivity contribution is 0.122. The Morgan fingerprint density at radius 2 is 1.63 bits per heavy atom. The Morgan fingerprint density at radius 1 is 1.00 bits per heavy atom. The van der Waals surface area contributed by atoms with E-state index in [1.165, 1.54) is 0 Å². The molecular formula is C17H16O2. The summed E-state index contributed by atoms with van der Waals surface area (Å²) < 4.78 is 5.09. The lowest BCUT2D eigenvalue weighted by Crippen LogP contribution is -2.18. The molecule has 0 aliphatic heterocycles. The van der Waals surface area contributed by atoms with Gasteiger partial charge in [-0.2, -0.15) is 0 Å². The van der Waals surface area contributed by atoms with E-state index in [0.717, 1.165) is 16.9 Å². The number of aliphatic hydroxyl groups is 1. The van der Waals surface area contributed by atoms with Crippen molar-refractivity contribution in [2.24, 2.45) is 0 Å². The zero-order valence-electron chi connectivity index (χ0n) is 11.1. The van der Waals surface area contributed by atoms with E-state index in [1.807, 2.05) is 54.6 Å². The summed E-state index contributed by atoms with van der Waals surface area (Å²) in [5.74, 6) is 6.66. The molecule has 0 amide bonds. The minimum Gasteiger partial charge on any atom is -0.497 e. The highest BCUT2D eigenvalue weighted by Crippen LogP contribution is 2.19. The summed E-state index contributed by atoms with van der Waals surface area (Å²) >= 11 is 0. The molecule has 19 heavy (non-hydrogen) atoms. The van der Waals surface area contributed by atoms with Gasteiger partial charge in [-0.1, -0.05) is 42.2 Å². The van der Waals surface area contributed by atoms with Gasteiger partial charge < -0.3 is 9.84 Å². The van der Waals surface area contributed by atoms with Gasteiger partial charge in [-0.05, 0) is 36.8 Å². The van der Waals surface area contributed by atoms with Gasteiger partial charge in [0.25, 0.3) is 0 Å². The third kappa shape index (κ3) is 3.37. The van der Waals surface area contributed by atoms with E-state index in [4.69, 9.17) is 4.74 Å². The van der Waals surface area contributed by atoms with Crippen molar-refractivity contribution in [3.8, 4) is 17.6 Å². The van der Waals surface area contributed by atoms with Gasteiger partial charge in [0.2, 0.25) is 0 Å². The highest BCUT2D eigenvalue weighted by molar-refractivity contribution is 5.41. The van der Waals surface area contributed by atoms with E-state index in [9.17, 15) is 5.11 Å². The fourth-order valence-electron chi connectivity index (χ4n) is 1.70. The second-order valence-electron chi connectivity index (χ2n) is 4.42. The van der Waals surface area contributed by atoms with Crippen molar-refractivity contribution in [1.29, 1.82) is 0 Å². The number of rotatable bonds is 2. The molecule has 0 aliphatic carbocycles. The second-order valence-corrected chi connectivity index (χ2v) is 4.42. The maximum Gasteiger partial charge on any atom is 0.148 e. The fraction of sp³-hybridized carbons (Fsp3) is 0.176. The third-order valence-electron chi connectivity index (χ3n) is 2.88. The molecule has 1 atom stereocenters. The van der Waals surface area contributed by atoms with Crippen LogP contribution in [0.4, 0.5) is 0 Å². The Kier molecular flexibility index (Phi) is 3.89. The summed E-state index contributed by atoms with van der Waals surface area (Å²) in [6, 6.07) is 16.8. The fourth-order valence-corrected chi connectivity index (χ4v) is 1.70. The monoisotopic (exact) mass is 252 g/mol. The summed E-state index contributed by atoms with van der Waals surface area (Å²) in [5.41, 5.74) is 0.481. The Bertz CT molecular complexity index is 587. The SMILES string of the molecule is COc1ccc(C#CC(C)(O)c2ccccc2)cc1. The van der Waals surface area contributed by atoms with E-state index < -0.39 is 5.60 Å². The molecule has 96 valence electrons. The molecule has 0 radical (unpaired) electrons. The van der Waals surface area contributed by atoms with E-state index in [2.05, 4.69) is 11.8 Å². The molecule has 0 spiro atoms. The average Bonchev–Trinajstić information content (AvgIpc) is 2.47. The minimum atomic E-state index is -1.15. The first-order valence-electron chi connectivity index (χ1n) is 6.07. The van der Waals surface area contributed by atoms with Crippen molar-refractivity contribution in [3.05, 3.63) is 65.7 Å². The smallest absolute Gasteiger partial charge is 0.148 e. The van der Waals surface area contributed by atoms with Crippen LogP contribution >= 0.6 is 0 Å². The summed E-state index contributed by atoms with van der Waals surface area (Å²) in [6.45, 7) is 1.69. The van der Waals surface area contributed by atoms with Crippen LogP contribution in [0.25, 0.3) is 0 Å². The van der Waals surface area contributed by atoms with E-state index in [1.54, 1.807) is 14.0 Å². The van der Waals surface area contributed by atoms with Gasteiger partial charge in [0.15, 0.2) is 0 Å². The molecule has 2 aromatic carbocycles. The minimum absolute atomic E-state index is 0.788. The van der Waals surface area contributed by atoms with Crippen molar-refractivity contribution in [2.45, 2.75) is 12.5 Å². The Hall–Kier alpha value is -2.24.